The number of fused-ring (bicyclic) bond motifs is 9. The molecule has 0 atom stereocenters. The van der Waals surface area contributed by atoms with Gasteiger partial charge in [-0.05, 0) is 64.1 Å². The van der Waals surface area contributed by atoms with Crippen LogP contribution in [0.3, 0.4) is 0 Å². The third-order valence-corrected chi connectivity index (χ3v) is 19.6. The van der Waals surface area contributed by atoms with Crippen molar-refractivity contribution in [2.75, 3.05) is 0 Å². The van der Waals surface area contributed by atoms with E-state index in [1.54, 1.807) is 0 Å². The molecule has 9 aromatic carbocycles. The second-order valence-corrected chi connectivity index (χ2v) is 22.8. The van der Waals surface area contributed by atoms with E-state index in [1.807, 2.05) is 18.5 Å². The van der Waals surface area contributed by atoms with E-state index in [2.05, 4.69) is 256 Å². The van der Waals surface area contributed by atoms with Crippen LogP contribution in [0.4, 0.5) is 0 Å². The molecule has 356 valence electrons. The molecule has 0 bridgehead atoms. The molecule has 6 aromatic heterocycles. The zero-order valence-electron chi connectivity index (χ0n) is 40.9. The lowest BCUT2D eigenvalue weighted by Gasteiger charge is -2.33. The van der Waals surface area contributed by atoms with Gasteiger partial charge in [-0.15, -0.1) is 0 Å². The molecule has 10 heteroatoms. The first-order chi connectivity index (χ1) is 37.7. The number of hydrogen-bond acceptors (Lipinski definition) is 6. The summed E-state index contributed by atoms with van der Waals surface area (Å²) < 4.78 is 6.73. The van der Waals surface area contributed by atoms with Gasteiger partial charge in [-0.3, -0.25) is 14.1 Å². The molecule has 0 saturated heterocycles. The summed E-state index contributed by atoms with van der Waals surface area (Å²) >= 11 is 0. The molecule has 0 saturated carbocycles. The summed E-state index contributed by atoms with van der Waals surface area (Å²) in [5.41, 5.74) is 8.45. The van der Waals surface area contributed by atoms with Crippen molar-refractivity contribution in [3.8, 4) is 40.5 Å². The van der Waals surface area contributed by atoms with E-state index in [4.69, 9.17) is 29.9 Å². The van der Waals surface area contributed by atoms with E-state index < -0.39 is 8.07 Å². The standard InChI is InChI=1S/C66H43N9Si/c1-4-22-45(23-5-1)76(46-24-6-2-7-25-46,47-26-8-3-9-27-47)61-41-21-34-54(69-61)64-67-42-44(43-68-64)63-70-65(74-57-37-17-12-30-50(57)51-31-13-18-38-58(51)74)72-66(71-63)75-59-39-19-14-32-52(59)53-33-20-40-60(62(53)75)73-55-35-15-10-28-48(55)49-29-11-16-36-56(49)73/h1-43H. The van der Waals surface area contributed by atoms with Gasteiger partial charge in [0, 0.05) is 50.0 Å². The monoisotopic (exact) mass is 989 g/mol. The third-order valence-electron chi connectivity index (χ3n) is 15.0. The van der Waals surface area contributed by atoms with E-state index in [0.29, 0.717) is 34.8 Å². The van der Waals surface area contributed by atoms with Gasteiger partial charge in [-0.2, -0.15) is 15.0 Å². The summed E-state index contributed by atoms with van der Waals surface area (Å²) in [6.07, 6.45) is 3.63. The Kier molecular flexibility index (Phi) is 10.0. The maximum Gasteiger partial charge on any atom is 0.240 e. The van der Waals surface area contributed by atoms with Gasteiger partial charge in [0.05, 0.1) is 44.4 Å². The van der Waals surface area contributed by atoms with Crippen LogP contribution >= 0.6 is 0 Å². The lowest BCUT2D eigenvalue weighted by molar-refractivity contribution is 0.890. The number of nitrogens with zero attached hydrogens (tertiary/aromatic N) is 9. The maximum absolute atomic E-state index is 5.51. The normalized spacial score (nSPS) is 11.9. The fraction of sp³-hybridized carbons (Fsp3) is 0. The minimum absolute atomic E-state index is 0.430. The van der Waals surface area contributed by atoms with E-state index in [0.717, 1.165) is 65.6 Å². The van der Waals surface area contributed by atoms with Gasteiger partial charge in [-0.25, -0.2) is 9.97 Å². The van der Waals surface area contributed by atoms with Gasteiger partial charge in [0.15, 0.2) is 11.6 Å². The third kappa shape index (κ3) is 6.64. The minimum Gasteiger partial charge on any atom is -0.307 e. The van der Waals surface area contributed by atoms with Crippen LogP contribution in [-0.4, -0.2) is 51.7 Å². The lowest BCUT2D eigenvalue weighted by atomic mass is 10.1. The molecule has 0 amide bonds. The second-order valence-electron chi connectivity index (χ2n) is 19.1. The fourth-order valence-corrected chi connectivity index (χ4v) is 16.3. The minimum atomic E-state index is -2.92. The molecule has 15 aromatic rings. The smallest absolute Gasteiger partial charge is 0.240 e. The molecule has 6 heterocycles. The molecule has 0 fully saturated rings. The van der Waals surface area contributed by atoms with Gasteiger partial charge < -0.3 is 4.57 Å². The first kappa shape index (κ1) is 43.4. The second kappa shape index (κ2) is 17.5. The van der Waals surface area contributed by atoms with Crippen molar-refractivity contribution in [1.82, 2.24) is 43.6 Å². The first-order valence-electron chi connectivity index (χ1n) is 25.4. The summed E-state index contributed by atoms with van der Waals surface area (Å²) in [6.45, 7) is 0. The zero-order valence-corrected chi connectivity index (χ0v) is 41.9. The highest BCUT2D eigenvalue weighted by atomic mass is 28.3. The van der Waals surface area contributed by atoms with Crippen molar-refractivity contribution in [2.45, 2.75) is 0 Å². The van der Waals surface area contributed by atoms with E-state index >= 15 is 0 Å². The number of benzene rings is 9. The SMILES string of the molecule is c1ccc([Si](c2ccccc2)(c2ccccc2)c2cccc(-c3ncc(-c4nc(-n5c6ccccc6c6ccccc65)nc(-n5c6ccccc6c6cccc(-n7c8ccccc8c8ccccc87)c65)n4)cn3)n2)cc1. The molecule has 0 aliphatic heterocycles. The Morgan fingerprint density at radius 1 is 0.289 bits per heavy atom. The number of hydrogen-bond donors (Lipinski definition) is 0. The Hall–Kier alpha value is -10.2. The quantitative estimate of drug-likeness (QED) is 0.106. The Balaban J connectivity index is 0.948. The van der Waals surface area contributed by atoms with Crippen LogP contribution in [0.15, 0.2) is 261 Å². The number of pyridine rings is 1. The summed E-state index contributed by atoms with van der Waals surface area (Å²) in [5.74, 6) is 1.86. The van der Waals surface area contributed by atoms with Crippen molar-refractivity contribution < 1.29 is 0 Å². The van der Waals surface area contributed by atoms with Gasteiger partial charge in [0.1, 0.15) is 5.69 Å². The van der Waals surface area contributed by atoms with Gasteiger partial charge in [0.2, 0.25) is 20.0 Å². The lowest BCUT2D eigenvalue weighted by Crippen LogP contribution is -2.75. The van der Waals surface area contributed by atoms with E-state index in [9.17, 15) is 0 Å². The summed E-state index contributed by atoms with van der Waals surface area (Å²) in [4.78, 5) is 32.0. The van der Waals surface area contributed by atoms with Crippen molar-refractivity contribution in [1.29, 1.82) is 0 Å². The van der Waals surface area contributed by atoms with Crippen LogP contribution in [0.5, 0.6) is 0 Å². The Bertz CT molecular complexity index is 4500. The van der Waals surface area contributed by atoms with Crippen LogP contribution in [-0.2, 0) is 0 Å². The molecule has 15 rings (SSSR count). The predicted molar refractivity (Wildman–Crippen MR) is 311 cm³/mol. The fourth-order valence-electron chi connectivity index (χ4n) is 11.7. The summed E-state index contributed by atoms with van der Waals surface area (Å²) in [7, 11) is -2.92. The van der Waals surface area contributed by atoms with Crippen molar-refractivity contribution in [3.63, 3.8) is 0 Å². The highest BCUT2D eigenvalue weighted by molar-refractivity contribution is 7.19. The summed E-state index contributed by atoms with van der Waals surface area (Å²) in [6, 6.07) is 87.8. The molecule has 0 spiro atoms. The maximum atomic E-state index is 5.51. The van der Waals surface area contributed by atoms with E-state index in [-0.39, 0.29) is 0 Å². The Labute approximate surface area is 437 Å². The van der Waals surface area contributed by atoms with Crippen molar-refractivity contribution in [3.05, 3.63) is 261 Å². The Morgan fingerprint density at radius 3 is 1.18 bits per heavy atom. The first-order valence-corrected chi connectivity index (χ1v) is 27.4. The van der Waals surface area contributed by atoms with Crippen LogP contribution in [0, 0.1) is 0 Å². The zero-order chi connectivity index (χ0) is 50.2. The average molecular weight is 990 g/mol. The average Bonchev–Trinajstić information content (AvgIpc) is 4.24. The topological polar surface area (TPSA) is 92.1 Å². The van der Waals surface area contributed by atoms with Gasteiger partial charge in [0.25, 0.3) is 0 Å². The van der Waals surface area contributed by atoms with Crippen LogP contribution < -0.4 is 20.9 Å². The highest BCUT2D eigenvalue weighted by Crippen LogP contribution is 2.40. The van der Waals surface area contributed by atoms with Crippen LogP contribution in [0.1, 0.15) is 0 Å². The molecule has 0 unspecified atom stereocenters. The molecule has 0 aliphatic rings. The Morgan fingerprint density at radius 2 is 0.684 bits per heavy atom. The molecule has 0 aliphatic carbocycles. The number of para-hydroxylation sites is 6. The number of rotatable bonds is 9. The molecule has 0 radical (unpaired) electrons. The molecular formula is C66H43N9Si. The van der Waals surface area contributed by atoms with Crippen molar-refractivity contribution in [2.24, 2.45) is 0 Å². The van der Waals surface area contributed by atoms with E-state index in [1.165, 1.54) is 26.3 Å². The highest BCUT2D eigenvalue weighted by Gasteiger charge is 2.43. The molecule has 76 heavy (non-hydrogen) atoms. The predicted octanol–water partition coefficient (Wildman–Crippen LogP) is 12.1. The van der Waals surface area contributed by atoms with Crippen LogP contribution in [0.25, 0.3) is 106 Å². The molecule has 9 nitrogen and oxygen atoms in total. The number of aromatic nitrogens is 9. The van der Waals surface area contributed by atoms with Gasteiger partial charge in [-0.1, -0.05) is 200 Å². The molecular weight excluding hydrogens is 947 g/mol. The van der Waals surface area contributed by atoms with Crippen molar-refractivity contribution >= 4 is 94.4 Å². The largest absolute Gasteiger partial charge is 0.307 e. The molecule has 0 N–H and O–H groups in total. The summed E-state index contributed by atoms with van der Waals surface area (Å²) in [5, 5.41) is 11.5. The van der Waals surface area contributed by atoms with Crippen LogP contribution in [0.2, 0.25) is 0 Å². The van der Waals surface area contributed by atoms with Gasteiger partial charge >= 0.3 is 0 Å².